The zero-order valence-electron chi connectivity index (χ0n) is 11.8. The summed E-state index contributed by atoms with van der Waals surface area (Å²) in [6.45, 7) is 13.5. The van der Waals surface area contributed by atoms with Gasteiger partial charge in [-0.2, -0.15) is 0 Å². The summed E-state index contributed by atoms with van der Waals surface area (Å²) in [5.74, 6) is 5.70. The van der Waals surface area contributed by atoms with Crippen molar-refractivity contribution in [3.8, 4) is 0 Å². The molecule has 1 aliphatic rings. The molecule has 1 unspecified atom stereocenters. The van der Waals surface area contributed by atoms with Crippen molar-refractivity contribution >= 4 is 0 Å². The Hall–Kier alpha value is -0.380. The number of nitrogens with one attached hydrogen (secondary N) is 1. The van der Waals surface area contributed by atoms with Gasteiger partial charge in [-0.3, -0.25) is 11.3 Å². The summed E-state index contributed by atoms with van der Waals surface area (Å²) in [4.78, 5) is 0. The third kappa shape index (κ3) is 3.30. The molecule has 0 aromatic heterocycles. The van der Waals surface area contributed by atoms with Crippen LogP contribution in [0.15, 0.2) is 12.2 Å². The second-order valence-corrected chi connectivity index (χ2v) is 6.11. The van der Waals surface area contributed by atoms with Gasteiger partial charge in [-0.1, -0.05) is 26.0 Å². The van der Waals surface area contributed by atoms with Crippen LogP contribution in [0.5, 0.6) is 0 Å². The lowest BCUT2D eigenvalue weighted by Gasteiger charge is -2.47. The summed E-state index contributed by atoms with van der Waals surface area (Å²) >= 11 is 0. The van der Waals surface area contributed by atoms with Crippen LogP contribution in [-0.2, 0) is 4.74 Å². The van der Waals surface area contributed by atoms with Crippen molar-refractivity contribution in [3.63, 3.8) is 0 Å². The van der Waals surface area contributed by atoms with Gasteiger partial charge in [0.05, 0.1) is 11.6 Å². The molecule has 100 valence electrons. The van der Waals surface area contributed by atoms with E-state index in [4.69, 9.17) is 10.6 Å². The SMILES string of the molecule is C=C(C)C(NN)C1(OCC)CCC(C)(C)CC1. The molecular formula is C14H28N2O. The van der Waals surface area contributed by atoms with E-state index in [2.05, 4.69) is 25.9 Å². The van der Waals surface area contributed by atoms with Crippen LogP contribution in [-0.4, -0.2) is 18.2 Å². The Bertz CT molecular complexity index is 263. The van der Waals surface area contributed by atoms with Gasteiger partial charge in [0.25, 0.3) is 0 Å². The summed E-state index contributed by atoms with van der Waals surface area (Å²) in [6, 6.07) is 0.0542. The van der Waals surface area contributed by atoms with Crippen molar-refractivity contribution < 1.29 is 4.74 Å². The lowest BCUT2D eigenvalue weighted by atomic mass is 9.67. The first-order valence-electron chi connectivity index (χ1n) is 6.62. The van der Waals surface area contributed by atoms with Crippen LogP contribution < -0.4 is 11.3 Å². The topological polar surface area (TPSA) is 47.3 Å². The van der Waals surface area contributed by atoms with Gasteiger partial charge in [0.1, 0.15) is 0 Å². The Labute approximate surface area is 106 Å². The standard InChI is InChI=1S/C14H28N2O/c1-6-17-14(12(16-15)11(2)3)9-7-13(4,5)8-10-14/h12,16H,2,6-10,15H2,1,3-5H3. The maximum atomic E-state index is 6.07. The molecule has 0 aromatic rings. The minimum Gasteiger partial charge on any atom is -0.373 e. The molecule has 1 atom stereocenters. The van der Waals surface area contributed by atoms with Gasteiger partial charge < -0.3 is 4.74 Å². The van der Waals surface area contributed by atoms with Crippen LogP contribution in [0.1, 0.15) is 53.4 Å². The zero-order chi connectivity index (χ0) is 13.1. The van der Waals surface area contributed by atoms with E-state index in [1.54, 1.807) is 0 Å². The lowest BCUT2D eigenvalue weighted by molar-refractivity contribution is -0.0987. The molecule has 3 heteroatoms. The van der Waals surface area contributed by atoms with Gasteiger partial charge in [-0.15, -0.1) is 0 Å². The van der Waals surface area contributed by atoms with E-state index >= 15 is 0 Å². The highest BCUT2D eigenvalue weighted by Gasteiger charge is 2.44. The van der Waals surface area contributed by atoms with Crippen molar-refractivity contribution in [2.75, 3.05) is 6.61 Å². The predicted molar refractivity (Wildman–Crippen MR) is 72.5 cm³/mol. The zero-order valence-corrected chi connectivity index (χ0v) is 11.8. The second-order valence-electron chi connectivity index (χ2n) is 6.11. The highest BCUT2D eigenvalue weighted by Crippen LogP contribution is 2.44. The van der Waals surface area contributed by atoms with Crippen LogP contribution >= 0.6 is 0 Å². The molecular weight excluding hydrogens is 212 g/mol. The Morgan fingerprint density at radius 1 is 1.35 bits per heavy atom. The van der Waals surface area contributed by atoms with Crippen LogP contribution in [0.2, 0.25) is 0 Å². The van der Waals surface area contributed by atoms with E-state index in [0.29, 0.717) is 5.41 Å². The van der Waals surface area contributed by atoms with Crippen molar-refractivity contribution in [2.45, 2.75) is 65.0 Å². The predicted octanol–water partition coefficient (Wildman–Crippen LogP) is 2.77. The highest BCUT2D eigenvalue weighted by atomic mass is 16.5. The van der Waals surface area contributed by atoms with Crippen LogP contribution in [0.3, 0.4) is 0 Å². The molecule has 1 saturated carbocycles. The minimum absolute atomic E-state index is 0.0542. The molecule has 0 bridgehead atoms. The Balaban J connectivity index is 2.87. The Morgan fingerprint density at radius 2 is 1.88 bits per heavy atom. The second kappa shape index (κ2) is 5.51. The van der Waals surface area contributed by atoms with E-state index in [9.17, 15) is 0 Å². The molecule has 1 aliphatic carbocycles. The number of hydrazine groups is 1. The maximum absolute atomic E-state index is 6.07. The fraction of sp³-hybridized carbons (Fsp3) is 0.857. The average molecular weight is 240 g/mol. The van der Waals surface area contributed by atoms with Gasteiger partial charge in [-0.05, 0) is 44.9 Å². The highest BCUT2D eigenvalue weighted by molar-refractivity contribution is 5.13. The molecule has 3 N–H and O–H groups in total. The van der Waals surface area contributed by atoms with E-state index in [0.717, 1.165) is 25.0 Å². The summed E-state index contributed by atoms with van der Waals surface area (Å²) in [7, 11) is 0. The van der Waals surface area contributed by atoms with Gasteiger partial charge >= 0.3 is 0 Å². The molecule has 0 heterocycles. The van der Waals surface area contributed by atoms with E-state index in [1.807, 2.05) is 13.8 Å². The number of nitrogens with two attached hydrogens (primary N) is 1. The van der Waals surface area contributed by atoms with Gasteiger partial charge in [0.2, 0.25) is 0 Å². The van der Waals surface area contributed by atoms with Crippen molar-refractivity contribution in [1.82, 2.24) is 5.43 Å². The van der Waals surface area contributed by atoms with Crippen molar-refractivity contribution in [3.05, 3.63) is 12.2 Å². The molecule has 0 aromatic carbocycles. The minimum atomic E-state index is -0.162. The van der Waals surface area contributed by atoms with E-state index in [-0.39, 0.29) is 11.6 Å². The first-order valence-corrected chi connectivity index (χ1v) is 6.62. The summed E-state index contributed by atoms with van der Waals surface area (Å²) in [6.07, 6.45) is 4.46. The molecule has 0 aliphatic heterocycles. The first kappa shape index (κ1) is 14.7. The van der Waals surface area contributed by atoms with Gasteiger partial charge in [0, 0.05) is 6.61 Å². The van der Waals surface area contributed by atoms with Crippen molar-refractivity contribution in [2.24, 2.45) is 11.3 Å². The third-order valence-electron chi connectivity index (χ3n) is 4.07. The quantitative estimate of drug-likeness (QED) is 0.441. The van der Waals surface area contributed by atoms with E-state index in [1.165, 1.54) is 12.8 Å². The number of rotatable bonds is 5. The average Bonchev–Trinajstić information content (AvgIpc) is 2.23. The third-order valence-corrected chi connectivity index (χ3v) is 4.07. The molecule has 0 saturated heterocycles. The number of hydrogen-bond acceptors (Lipinski definition) is 3. The lowest BCUT2D eigenvalue weighted by Crippen LogP contribution is -2.57. The normalized spacial score (nSPS) is 24.3. The molecule has 0 amide bonds. The number of hydrogen-bond donors (Lipinski definition) is 2. The summed E-state index contributed by atoms with van der Waals surface area (Å²) in [5.41, 5.74) is 4.22. The van der Waals surface area contributed by atoms with E-state index < -0.39 is 0 Å². The molecule has 1 rings (SSSR count). The number of ether oxygens (including phenoxy) is 1. The molecule has 1 fully saturated rings. The monoisotopic (exact) mass is 240 g/mol. The van der Waals surface area contributed by atoms with Crippen molar-refractivity contribution in [1.29, 1.82) is 0 Å². The van der Waals surface area contributed by atoms with Crippen LogP contribution in [0, 0.1) is 5.41 Å². The summed E-state index contributed by atoms with van der Waals surface area (Å²) in [5, 5.41) is 0. The Morgan fingerprint density at radius 3 is 2.24 bits per heavy atom. The maximum Gasteiger partial charge on any atom is 0.0886 e. The van der Waals surface area contributed by atoms with Crippen LogP contribution in [0.25, 0.3) is 0 Å². The Kier molecular flexibility index (Phi) is 4.76. The van der Waals surface area contributed by atoms with Gasteiger partial charge in [-0.25, -0.2) is 0 Å². The smallest absolute Gasteiger partial charge is 0.0886 e. The van der Waals surface area contributed by atoms with Gasteiger partial charge in [0.15, 0.2) is 0 Å². The van der Waals surface area contributed by atoms with Crippen LogP contribution in [0.4, 0.5) is 0 Å². The molecule has 3 nitrogen and oxygen atoms in total. The fourth-order valence-electron chi connectivity index (χ4n) is 2.90. The first-order chi connectivity index (χ1) is 7.87. The largest absolute Gasteiger partial charge is 0.373 e. The molecule has 0 radical (unpaired) electrons. The summed E-state index contributed by atoms with van der Waals surface area (Å²) < 4.78 is 6.07. The molecule has 17 heavy (non-hydrogen) atoms. The fourth-order valence-corrected chi connectivity index (χ4v) is 2.90. The molecule has 0 spiro atoms.